The van der Waals surface area contributed by atoms with Crippen LogP contribution in [0.4, 0.5) is 5.13 Å². The van der Waals surface area contributed by atoms with Crippen LogP contribution in [-0.2, 0) is 6.42 Å². The van der Waals surface area contributed by atoms with Crippen molar-refractivity contribution in [1.29, 1.82) is 0 Å². The first kappa shape index (κ1) is 13.1. The Morgan fingerprint density at radius 1 is 1.17 bits per heavy atom. The number of hydrogen-bond acceptors (Lipinski definition) is 3. The minimum absolute atomic E-state index is 0.430. The van der Waals surface area contributed by atoms with Gasteiger partial charge in [-0.1, -0.05) is 43.2 Å². The Morgan fingerprint density at radius 2 is 1.78 bits per heavy atom. The van der Waals surface area contributed by atoms with Gasteiger partial charge < -0.3 is 5.73 Å². The summed E-state index contributed by atoms with van der Waals surface area (Å²) >= 11 is 1.62. The number of benzene rings is 1. The van der Waals surface area contributed by atoms with Gasteiger partial charge in [0.15, 0.2) is 5.13 Å². The van der Waals surface area contributed by atoms with E-state index in [4.69, 9.17) is 5.73 Å². The SMILES string of the molecule is Cc1cc(C)cc(Cc2sc(N)nc2C(C)C)c1. The molecule has 2 rings (SSSR count). The van der Waals surface area contributed by atoms with E-state index in [-0.39, 0.29) is 0 Å². The van der Waals surface area contributed by atoms with Gasteiger partial charge in [-0.2, -0.15) is 0 Å². The number of nitrogen functional groups attached to an aromatic ring is 1. The first-order valence-corrected chi connectivity index (χ1v) is 7.09. The van der Waals surface area contributed by atoms with Gasteiger partial charge in [-0.3, -0.25) is 0 Å². The van der Waals surface area contributed by atoms with Gasteiger partial charge in [-0.05, 0) is 25.3 Å². The zero-order valence-electron chi connectivity index (χ0n) is 11.4. The van der Waals surface area contributed by atoms with Crippen molar-refractivity contribution in [3.8, 4) is 0 Å². The lowest BCUT2D eigenvalue weighted by atomic mass is 10.0. The third-order valence-electron chi connectivity index (χ3n) is 2.94. The number of nitrogens with zero attached hydrogens (tertiary/aromatic N) is 1. The second-order valence-corrected chi connectivity index (χ2v) is 6.30. The quantitative estimate of drug-likeness (QED) is 0.904. The maximum Gasteiger partial charge on any atom is 0.180 e. The fraction of sp³-hybridized carbons (Fsp3) is 0.400. The molecule has 0 aliphatic carbocycles. The molecule has 1 aromatic carbocycles. The first-order valence-electron chi connectivity index (χ1n) is 6.28. The van der Waals surface area contributed by atoms with Crippen molar-refractivity contribution < 1.29 is 0 Å². The van der Waals surface area contributed by atoms with E-state index in [2.05, 4.69) is 50.9 Å². The minimum Gasteiger partial charge on any atom is -0.375 e. The molecule has 96 valence electrons. The van der Waals surface area contributed by atoms with E-state index in [0.29, 0.717) is 11.0 Å². The van der Waals surface area contributed by atoms with E-state index < -0.39 is 0 Å². The number of aromatic nitrogens is 1. The Bertz CT molecular complexity index is 535. The van der Waals surface area contributed by atoms with Gasteiger partial charge in [0.1, 0.15) is 0 Å². The number of anilines is 1. The maximum atomic E-state index is 5.84. The molecule has 0 radical (unpaired) electrons. The molecule has 0 saturated heterocycles. The Balaban J connectivity index is 2.33. The average molecular weight is 260 g/mol. The summed E-state index contributed by atoms with van der Waals surface area (Å²) in [6.45, 7) is 8.61. The molecule has 1 heterocycles. The highest BCUT2D eigenvalue weighted by Crippen LogP contribution is 2.29. The topological polar surface area (TPSA) is 38.9 Å². The van der Waals surface area contributed by atoms with Gasteiger partial charge in [-0.25, -0.2) is 4.98 Å². The molecule has 1 aromatic heterocycles. The molecule has 3 heteroatoms. The Hall–Kier alpha value is -1.35. The largest absolute Gasteiger partial charge is 0.375 e. The number of thiazole rings is 1. The molecule has 0 aliphatic rings. The van der Waals surface area contributed by atoms with E-state index in [1.807, 2.05) is 0 Å². The first-order chi connectivity index (χ1) is 8.45. The molecule has 2 nitrogen and oxygen atoms in total. The van der Waals surface area contributed by atoms with Crippen LogP contribution in [0.2, 0.25) is 0 Å². The molecular formula is C15H20N2S. The number of aryl methyl sites for hydroxylation is 2. The second-order valence-electron chi connectivity index (χ2n) is 5.19. The van der Waals surface area contributed by atoms with Crippen molar-refractivity contribution >= 4 is 16.5 Å². The maximum absolute atomic E-state index is 5.84. The predicted molar refractivity (Wildman–Crippen MR) is 79.3 cm³/mol. The summed E-state index contributed by atoms with van der Waals surface area (Å²) in [7, 11) is 0. The molecular weight excluding hydrogens is 240 g/mol. The normalized spacial score (nSPS) is 11.2. The molecule has 0 aliphatic heterocycles. The summed E-state index contributed by atoms with van der Waals surface area (Å²) in [6.07, 6.45) is 0.935. The van der Waals surface area contributed by atoms with E-state index in [1.54, 1.807) is 11.3 Å². The molecule has 2 aromatic rings. The van der Waals surface area contributed by atoms with Crippen molar-refractivity contribution in [1.82, 2.24) is 4.98 Å². The fourth-order valence-electron chi connectivity index (χ4n) is 2.32. The molecule has 0 spiro atoms. The van der Waals surface area contributed by atoms with Crippen LogP contribution in [0.1, 0.15) is 47.0 Å². The molecule has 0 fully saturated rings. The molecule has 0 unspecified atom stereocenters. The number of nitrogens with two attached hydrogens (primary N) is 1. The molecule has 2 N–H and O–H groups in total. The molecule has 0 amide bonds. The van der Waals surface area contributed by atoms with Gasteiger partial charge in [0.2, 0.25) is 0 Å². The smallest absolute Gasteiger partial charge is 0.180 e. The van der Waals surface area contributed by atoms with E-state index in [9.17, 15) is 0 Å². The van der Waals surface area contributed by atoms with Crippen LogP contribution in [-0.4, -0.2) is 4.98 Å². The summed E-state index contributed by atoms with van der Waals surface area (Å²) in [5, 5.41) is 0.679. The zero-order chi connectivity index (χ0) is 13.3. The van der Waals surface area contributed by atoms with Crippen LogP contribution < -0.4 is 5.73 Å². The zero-order valence-corrected chi connectivity index (χ0v) is 12.3. The van der Waals surface area contributed by atoms with Gasteiger partial charge in [-0.15, -0.1) is 11.3 Å². The Morgan fingerprint density at radius 3 is 2.33 bits per heavy atom. The highest BCUT2D eigenvalue weighted by Gasteiger charge is 2.13. The van der Waals surface area contributed by atoms with Crippen LogP contribution in [0, 0.1) is 13.8 Å². The monoisotopic (exact) mass is 260 g/mol. The predicted octanol–water partition coefficient (Wildman–Crippen LogP) is 4.06. The molecule has 0 saturated carbocycles. The third kappa shape index (κ3) is 2.91. The van der Waals surface area contributed by atoms with Crippen LogP contribution in [0.15, 0.2) is 18.2 Å². The summed E-state index contributed by atoms with van der Waals surface area (Å²) < 4.78 is 0. The standard InChI is InChI=1S/C15H20N2S/c1-9(2)14-13(18-15(16)17-14)8-12-6-10(3)5-11(4)7-12/h5-7,9H,8H2,1-4H3,(H2,16,17). The minimum atomic E-state index is 0.430. The van der Waals surface area contributed by atoms with Crippen molar-refractivity contribution in [3.05, 3.63) is 45.5 Å². The van der Waals surface area contributed by atoms with Gasteiger partial charge in [0.05, 0.1) is 5.69 Å². The van der Waals surface area contributed by atoms with E-state index in [1.165, 1.54) is 21.6 Å². The Kier molecular flexibility index (Phi) is 3.71. The highest BCUT2D eigenvalue weighted by atomic mass is 32.1. The van der Waals surface area contributed by atoms with Gasteiger partial charge in [0.25, 0.3) is 0 Å². The van der Waals surface area contributed by atoms with Crippen molar-refractivity contribution in [3.63, 3.8) is 0 Å². The average Bonchev–Trinajstić information content (AvgIpc) is 2.57. The lowest BCUT2D eigenvalue weighted by molar-refractivity contribution is 0.820. The second kappa shape index (κ2) is 5.11. The lowest BCUT2D eigenvalue weighted by Gasteiger charge is -2.07. The lowest BCUT2D eigenvalue weighted by Crippen LogP contribution is -1.96. The summed E-state index contributed by atoms with van der Waals surface area (Å²) in [4.78, 5) is 5.75. The number of rotatable bonds is 3. The summed E-state index contributed by atoms with van der Waals surface area (Å²) in [5.74, 6) is 0.430. The van der Waals surface area contributed by atoms with Crippen molar-refractivity contribution in [2.24, 2.45) is 0 Å². The van der Waals surface area contributed by atoms with Gasteiger partial charge >= 0.3 is 0 Å². The van der Waals surface area contributed by atoms with Crippen LogP contribution >= 0.6 is 11.3 Å². The summed E-state index contributed by atoms with van der Waals surface area (Å²) in [6, 6.07) is 6.69. The highest BCUT2D eigenvalue weighted by molar-refractivity contribution is 7.15. The van der Waals surface area contributed by atoms with Crippen LogP contribution in [0.5, 0.6) is 0 Å². The van der Waals surface area contributed by atoms with Crippen LogP contribution in [0.25, 0.3) is 0 Å². The van der Waals surface area contributed by atoms with E-state index >= 15 is 0 Å². The third-order valence-corrected chi connectivity index (χ3v) is 3.84. The van der Waals surface area contributed by atoms with Crippen LogP contribution in [0.3, 0.4) is 0 Å². The van der Waals surface area contributed by atoms with Gasteiger partial charge in [0, 0.05) is 11.3 Å². The molecule has 0 bridgehead atoms. The fourth-order valence-corrected chi connectivity index (χ4v) is 3.34. The van der Waals surface area contributed by atoms with Crippen molar-refractivity contribution in [2.45, 2.75) is 40.0 Å². The molecule has 0 atom stereocenters. The van der Waals surface area contributed by atoms with E-state index in [0.717, 1.165) is 12.1 Å². The Labute approximate surface area is 113 Å². The molecule has 18 heavy (non-hydrogen) atoms. The summed E-state index contributed by atoms with van der Waals surface area (Å²) in [5.41, 5.74) is 11.0. The number of hydrogen-bond donors (Lipinski definition) is 1. The van der Waals surface area contributed by atoms with Crippen molar-refractivity contribution in [2.75, 3.05) is 5.73 Å².